The van der Waals surface area contributed by atoms with E-state index in [2.05, 4.69) is 6.07 Å². The molecule has 1 fully saturated rings. The summed E-state index contributed by atoms with van der Waals surface area (Å²) in [5, 5.41) is 20.9. The van der Waals surface area contributed by atoms with Crippen LogP contribution in [0.4, 0.5) is 0 Å². The predicted molar refractivity (Wildman–Crippen MR) is 66.1 cm³/mol. The summed E-state index contributed by atoms with van der Waals surface area (Å²) in [6.07, 6.45) is 4.33. The quantitative estimate of drug-likeness (QED) is 0.884. The summed E-state index contributed by atoms with van der Waals surface area (Å²) in [6, 6.07) is 5.41. The summed E-state index contributed by atoms with van der Waals surface area (Å²) < 4.78 is 1.83. The van der Waals surface area contributed by atoms with E-state index in [-0.39, 0.29) is 5.88 Å². The number of aromatic hydroxyl groups is 1. The molecule has 17 heavy (non-hydrogen) atoms. The van der Waals surface area contributed by atoms with Crippen LogP contribution in [0.3, 0.4) is 0 Å². The Morgan fingerprint density at radius 3 is 2.88 bits per heavy atom. The molecule has 0 amide bonds. The topological polar surface area (TPSA) is 48.9 Å². The molecule has 0 aliphatic heterocycles. The fraction of sp³-hybridized carbons (Fsp3) is 0.308. The Kier molecular flexibility index (Phi) is 2.27. The molecule has 1 saturated carbocycles. The maximum absolute atomic E-state index is 10.1. The SMILES string of the molecule is N#Cc1cc(Cl)c2c(O)n(CC3CC3)cc2c1. The number of fused-ring (bicyclic) bond motifs is 1. The van der Waals surface area contributed by atoms with Crippen LogP contribution in [-0.2, 0) is 6.54 Å². The molecule has 0 atom stereocenters. The first-order chi connectivity index (χ1) is 8.19. The molecule has 3 nitrogen and oxygen atoms in total. The summed E-state index contributed by atoms with van der Waals surface area (Å²) in [6.45, 7) is 0.832. The first-order valence-corrected chi connectivity index (χ1v) is 5.98. The van der Waals surface area contributed by atoms with Crippen molar-refractivity contribution < 1.29 is 5.11 Å². The van der Waals surface area contributed by atoms with Crippen LogP contribution in [0.2, 0.25) is 5.02 Å². The van der Waals surface area contributed by atoms with Crippen molar-refractivity contribution in [1.29, 1.82) is 5.26 Å². The van der Waals surface area contributed by atoms with E-state index in [4.69, 9.17) is 16.9 Å². The standard InChI is InChI=1S/C13H11ClN2O/c14-11-4-9(5-15)3-10-7-16(6-8-1-2-8)13(17)12(10)11/h3-4,7-8,17H,1-2,6H2. The van der Waals surface area contributed by atoms with Gasteiger partial charge in [0, 0.05) is 18.1 Å². The van der Waals surface area contributed by atoms with Gasteiger partial charge in [-0.25, -0.2) is 0 Å². The van der Waals surface area contributed by atoms with Crippen molar-refractivity contribution in [3.05, 3.63) is 28.9 Å². The van der Waals surface area contributed by atoms with E-state index in [0.29, 0.717) is 21.9 Å². The third-order valence-corrected chi connectivity index (χ3v) is 3.49. The third-order valence-electron chi connectivity index (χ3n) is 3.19. The van der Waals surface area contributed by atoms with E-state index in [0.717, 1.165) is 11.9 Å². The molecule has 0 radical (unpaired) electrons. The van der Waals surface area contributed by atoms with Crippen LogP contribution < -0.4 is 0 Å². The van der Waals surface area contributed by atoms with Crippen molar-refractivity contribution in [2.45, 2.75) is 19.4 Å². The van der Waals surface area contributed by atoms with E-state index in [1.165, 1.54) is 12.8 Å². The number of nitriles is 1. The molecular weight excluding hydrogens is 236 g/mol. The van der Waals surface area contributed by atoms with Gasteiger partial charge in [0.2, 0.25) is 5.88 Å². The Labute approximate surface area is 104 Å². The van der Waals surface area contributed by atoms with Crippen molar-refractivity contribution in [3.8, 4) is 11.9 Å². The minimum absolute atomic E-state index is 0.210. The second-order valence-electron chi connectivity index (χ2n) is 4.58. The smallest absolute Gasteiger partial charge is 0.200 e. The maximum atomic E-state index is 10.1. The Hall–Kier alpha value is -1.66. The van der Waals surface area contributed by atoms with Gasteiger partial charge in [-0.3, -0.25) is 0 Å². The van der Waals surface area contributed by atoms with Crippen LogP contribution in [0.15, 0.2) is 18.3 Å². The van der Waals surface area contributed by atoms with Crippen LogP contribution in [-0.4, -0.2) is 9.67 Å². The lowest BCUT2D eigenvalue weighted by molar-refractivity contribution is 0.415. The molecule has 0 saturated heterocycles. The molecule has 0 unspecified atom stereocenters. The monoisotopic (exact) mass is 246 g/mol. The van der Waals surface area contributed by atoms with Gasteiger partial charge in [0.15, 0.2) is 0 Å². The highest BCUT2D eigenvalue weighted by Crippen LogP contribution is 2.38. The normalized spacial score (nSPS) is 15.1. The third kappa shape index (κ3) is 1.75. The highest BCUT2D eigenvalue weighted by atomic mass is 35.5. The predicted octanol–water partition coefficient (Wildman–Crippen LogP) is 3.28. The van der Waals surface area contributed by atoms with Gasteiger partial charge >= 0.3 is 0 Å². The molecule has 1 aromatic carbocycles. The molecule has 86 valence electrons. The maximum Gasteiger partial charge on any atom is 0.200 e. The molecular formula is C13H11ClN2O. The number of halogens is 1. The molecule has 1 aromatic heterocycles. The number of hydrogen-bond donors (Lipinski definition) is 1. The highest BCUT2D eigenvalue weighted by Gasteiger charge is 2.23. The average molecular weight is 247 g/mol. The second kappa shape index (κ2) is 3.68. The first-order valence-electron chi connectivity index (χ1n) is 5.60. The fourth-order valence-corrected chi connectivity index (χ4v) is 2.43. The average Bonchev–Trinajstić information content (AvgIpc) is 3.05. The van der Waals surface area contributed by atoms with E-state index >= 15 is 0 Å². The zero-order valence-corrected chi connectivity index (χ0v) is 9.91. The lowest BCUT2D eigenvalue weighted by Crippen LogP contribution is -1.96. The zero-order valence-electron chi connectivity index (χ0n) is 9.15. The Bertz CT molecular complexity index is 635. The van der Waals surface area contributed by atoms with E-state index in [1.807, 2.05) is 10.8 Å². The van der Waals surface area contributed by atoms with Gasteiger partial charge in [0.05, 0.1) is 22.0 Å². The van der Waals surface area contributed by atoms with Crippen molar-refractivity contribution >= 4 is 22.4 Å². The molecule has 3 rings (SSSR count). The molecule has 0 bridgehead atoms. The summed E-state index contributed by atoms with van der Waals surface area (Å²) in [5.74, 6) is 0.887. The Balaban J connectivity index is 2.17. The van der Waals surface area contributed by atoms with Gasteiger partial charge in [0.25, 0.3) is 0 Å². The number of hydrogen-bond acceptors (Lipinski definition) is 2. The van der Waals surface area contributed by atoms with Gasteiger partial charge < -0.3 is 9.67 Å². The van der Waals surface area contributed by atoms with Gasteiger partial charge in [-0.1, -0.05) is 11.6 Å². The van der Waals surface area contributed by atoms with Crippen LogP contribution >= 0.6 is 11.6 Å². The molecule has 0 spiro atoms. The summed E-state index contributed by atoms with van der Waals surface area (Å²) >= 11 is 6.09. The second-order valence-corrected chi connectivity index (χ2v) is 4.99. The molecule has 1 heterocycles. The number of nitrogens with zero attached hydrogens (tertiary/aromatic N) is 2. The van der Waals surface area contributed by atoms with Crippen molar-refractivity contribution in [1.82, 2.24) is 4.57 Å². The number of rotatable bonds is 2. The van der Waals surface area contributed by atoms with E-state index in [9.17, 15) is 5.11 Å². The Morgan fingerprint density at radius 2 is 2.24 bits per heavy atom. The molecule has 1 N–H and O–H groups in total. The first kappa shape index (κ1) is 10.5. The van der Waals surface area contributed by atoms with Gasteiger partial charge in [0.1, 0.15) is 0 Å². The lowest BCUT2D eigenvalue weighted by atomic mass is 10.1. The summed E-state index contributed by atoms with van der Waals surface area (Å²) in [4.78, 5) is 0. The van der Waals surface area contributed by atoms with Crippen molar-refractivity contribution in [3.63, 3.8) is 0 Å². The highest BCUT2D eigenvalue weighted by molar-refractivity contribution is 6.36. The van der Waals surface area contributed by atoms with Gasteiger partial charge in [-0.05, 0) is 30.9 Å². The molecule has 1 aliphatic carbocycles. The molecule has 2 aromatic rings. The largest absolute Gasteiger partial charge is 0.494 e. The fourth-order valence-electron chi connectivity index (χ4n) is 2.12. The van der Waals surface area contributed by atoms with Crippen LogP contribution in [0.5, 0.6) is 5.88 Å². The molecule has 1 aliphatic rings. The lowest BCUT2D eigenvalue weighted by Gasteiger charge is -2.02. The Morgan fingerprint density at radius 1 is 1.47 bits per heavy atom. The van der Waals surface area contributed by atoms with Crippen LogP contribution in [0.1, 0.15) is 18.4 Å². The number of aromatic nitrogens is 1. The van der Waals surface area contributed by atoms with E-state index < -0.39 is 0 Å². The van der Waals surface area contributed by atoms with Gasteiger partial charge in [-0.15, -0.1) is 0 Å². The summed E-state index contributed by atoms with van der Waals surface area (Å²) in [5.41, 5.74) is 0.520. The van der Waals surface area contributed by atoms with Crippen molar-refractivity contribution in [2.24, 2.45) is 5.92 Å². The van der Waals surface area contributed by atoms with E-state index in [1.54, 1.807) is 12.1 Å². The van der Waals surface area contributed by atoms with Gasteiger partial charge in [-0.2, -0.15) is 5.26 Å². The summed E-state index contributed by atoms with van der Waals surface area (Å²) in [7, 11) is 0. The number of benzene rings is 1. The molecule has 4 heteroatoms. The van der Waals surface area contributed by atoms with Crippen molar-refractivity contribution in [2.75, 3.05) is 0 Å². The van der Waals surface area contributed by atoms with Crippen LogP contribution in [0.25, 0.3) is 10.8 Å². The minimum Gasteiger partial charge on any atom is -0.494 e. The zero-order chi connectivity index (χ0) is 12.0. The van der Waals surface area contributed by atoms with Crippen LogP contribution in [0, 0.1) is 17.2 Å². The minimum atomic E-state index is 0.210.